The lowest BCUT2D eigenvalue weighted by Gasteiger charge is -2.13. The number of hydrogen-bond acceptors (Lipinski definition) is 2. The summed E-state index contributed by atoms with van der Waals surface area (Å²) in [6.07, 6.45) is 0. The first-order valence-corrected chi connectivity index (χ1v) is 5.70. The van der Waals surface area contributed by atoms with E-state index in [1.807, 2.05) is 38.1 Å². The van der Waals surface area contributed by atoms with Crippen LogP contribution in [0.3, 0.4) is 0 Å². The van der Waals surface area contributed by atoms with Gasteiger partial charge in [-0.2, -0.15) is 0 Å². The molecule has 0 heterocycles. The summed E-state index contributed by atoms with van der Waals surface area (Å²) in [7, 11) is 0. The van der Waals surface area contributed by atoms with Crippen molar-refractivity contribution >= 4 is 29.0 Å². The van der Waals surface area contributed by atoms with Crippen LogP contribution in [0, 0.1) is 6.92 Å². The summed E-state index contributed by atoms with van der Waals surface area (Å²) in [5.74, 6) is 0. The predicted molar refractivity (Wildman–Crippen MR) is 72.7 cm³/mol. The van der Waals surface area contributed by atoms with Gasteiger partial charge in [0.15, 0.2) is 5.11 Å². The molecule has 0 aliphatic carbocycles. The van der Waals surface area contributed by atoms with E-state index in [1.54, 1.807) is 0 Å². The quantitative estimate of drug-likeness (QED) is 0.476. The molecule has 0 atom stereocenters. The van der Waals surface area contributed by atoms with Crippen LogP contribution in [0.5, 0.6) is 0 Å². The zero-order valence-corrected chi connectivity index (χ0v) is 10.6. The van der Waals surface area contributed by atoms with E-state index in [2.05, 4.69) is 21.5 Å². The van der Waals surface area contributed by atoms with Crippen LogP contribution in [0.4, 0.5) is 10.5 Å². The summed E-state index contributed by atoms with van der Waals surface area (Å²) in [4.78, 5) is 11.1. The maximum Gasteiger partial charge on any atom is 0.333 e. The van der Waals surface area contributed by atoms with Gasteiger partial charge < -0.3 is 10.6 Å². The van der Waals surface area contributed by atoms with E-state index < -0.39 is 0 Å². The first kappa shape index (κ1) is 13.2. The molecule has 1 aromatic rings. The Bertz CT molecular complexity index is 408. The maximum atomic E-state index is 11.1. The van der Waals surface area contributed by atoms with E-state index in [0.717, 1.165) is 11.3 Å². The largest absolute Gasteiger partial charge is 0.337 e. The van der Waals surface area contributed by atoms with Gasteiger partial charge in [-0.25, -0.2) is 10.2 Å². The summed E-state index contributed by atoms with van der Waals surface area (Å²) in [6.45, 7) is 4.37. The second kappa shape index (κ2) is 6.70. The summed E-state index contributed by atoms with van der Waals surface area (Å²) in [6, 6.07) is 7.43. The number of anilines is 1. The number of carbonyl (C=O) groups is 1. The Hall–Kier alpha value is -1.82. The molecule has 0 aromatic heterocycles. The van der Waals surface area contributed by atoms with Crippen molar-refractivity contribution in [3.63, 3.8) is 0 Å². The third-order valence-electron chi connectivity index (χ3n) is 2.02. The molecule has 0 aliphatic rings. The molecule has 0 aliphatic heterocycles. The van der Waals surface area contributed by atoms with Crippen LogP contribution < -0.4 is 21.5 Å². The summed E-state index contributed by atoms with van der Waals surface area (Å²) in [5, 5.41) is 5.90. The molecule has 0 saturated heterocycles. The van der Waals surface area contributed by atoms with Gasteiger partial charge in [-0.3, -0.25) is 5.43 Å². The summed E-state index contributed by atoms with van der Waals surface area (Å²) in [5.41, 5.74) is 7.00. The highest BCUT2D eigenvalue weighted by Crippen LogP contribution is 2.12. The molecule has 17 heavy (non-hydrogen) atoms. The van der Waals surface area contributed by atoms with E-state index >= 15 is 0 Å². The minimum atomic E-state index is -0.318. The van der Waals surface area contributed by atoms with Crippen LogP contribution in [-0.2, 0) is 0 Å². The monoisotopic (exact) mass is 252 g/mol. The Morgan fingerprint density at radius 2 is 2.00 bits per heavy atom. The molecule has 0 spiro atoms. The van der Waals surface area contributed by atoms with Gasteiger partial charge >= 0.3 is 6.03 Å². The Balaban J connectivity index is 2.40. The average Bonchev–Trinajstić information content (AvgIpc) is 2.30. The van der Waals surface area contributed by atoms with Gasteiger partial charge in [-0.15, -0.1) is 0 Å². The van der Waals surface area contributed by atoms with Crippen molar-refractivity contribution in [1.82, 2.24) is 16.2 Å². The summed E-state index contributed by atoms with van der Waals surface area (Å²) < 4.78 is 0. The number of hydrazine groups is 1. The SMILES string of the molecule is CCNC(=O)NNC(=S)Nc1ccccc1C. The number of para-hydroxylation sites is 1. The number of carbonyl (C=O) groups excluding carboxylic acids is 1. The van der Waals surface area contributed by atoms with Gasteiger partial charge in [-0.05, 0) is 37.7 Å². The topological polar surface area (TPSA) is 65.2 Å². The lowest BCUT2D eigenvalue weighted by atomic mass is 10.2. The third kappa shape index (κ3) is 4.69. The van der Waals surface area contributed by atoms with E-state index in [4.69, 9.17) is 12.2 Å². The molecule has 2 amide bonds. The Labute approximate surface area is 106 Å². The molecule has 92 valence electrons. The molecule has 0 bridgehead atoms. The molecule has 5 nitrogen and oxygen atoms in total. The van der Waals surface area contributed by atoms with Gasteiger partial charge in [0, 0.05) is 12.2 Å². The number of benzene rings is 1. The normalized spacial score (nSPS) is 9.29. The van der Waals surface area contributed by atoms with Gasteiger partial charge in [-0.1, -0.05) is 18.2 Å². The van der Waals surface area contributed by atoms with Crippen molar-refractivity contribution in [2.75, 3.05) is 11.9 Å². The molecule has 0 fully saturated rings. The van der Waals surface area contributed by atoms with Crippen molar-refractivity contribution in [1.29, 1.82) is 0 Å². The number of urea groups is 1. The highest BCUT2D eigenvalue weighted by Gasteiger charge is 2.01. The molecule has 0 radical (unpaired) electrons. The number of aryl methyl sites for hydroxylation is 1. The molecule has 1 rings (SSSR count). The van der Waals surface area contributed by atoms with E-state index in [0.29, 0.717) is 11.7 Å². The fraction of sp³-hybridized carbons (Fsp3) is 0.273. The van der Waals surface area contributed by atoms with Crippen molar-refractivity contribution in [3.05, 3.63) is 29.8 Å². The smallest absolute Gasteiger partial charge is 0.333 e. The maximum absolute atomic E-state index is 11.1. The Kier molecular flexibility index (Phi) is 5.22. The molecule has 1 aromatic carbocycles. The zero-order valence-electron chi connectivity index (χ0n) is 9.83. The molecule has 0 saturated carbocycles. The Morgan fingerprint density at radius 3 is 2.65 bits per heavy atom. The van der Waals surface area contributed by atoms with Gasteiger partial charge in [0.05, 0.1) is 0 Å². The standard InChI is InChI=1S/C11H16N4OS/c1-3-12-10(16)14-15-11(17)13-9-7-5-4-6-8(9)2/h4-7H,3H2,1-2H3,(H2,12,14,16)(H2,13,15,17). The number of amides is 2. The lowest BCUT2D eigenvalue weighted by molar-refractivity contribution is 0.240. The fourth-order valence-electron chi connectivity index (χ4n) is 1.18. The third-order valence-corrected chi connectivity index (χ3v) is 2.22. The van der Waals surface area contributed by atoms with Crippen molar-refractivity contribution in [2.24, 2.45) is 0 Å². The predicted octanol–water partition coefficient (Wildman–Crippen LogP) is 1.52. The minimum absolute atomic E-state index is 0.318. The highest BCUT2D eigenvalue weighted by atomic mass is 32.1. The Morgan fingerprint density at radius 1 is 1.29 bits per heavy atom. The van der Waals surface area contributed by atoms with E-state index in [1.165, 1.54) is 0 Å². The van der Waals surface area contributed by atoms with E-state index in [-0.39, 0.29) is 6.03 Å². The lowest BCUT2D eigenvalue weighted by Crippen LogP contribution is -2.48. The van der Waals surface area contributed by atoms with Crippen LogP contribution in [-0.4, -0.2) is 17.7 Å². The second-order valence-electron chi connectivity index (χ2n) is 3.38. The highest BCUT2D eigenvalue weighted by molar-refractivity contribution is 7.80. The zero-order chi connectivity index (χ0) is 12.7. The van der Waals surface area contributed by atoms with Gasteiger partial charge in [0.1, 0.15) is 0 Å². The van der Waals surface area contributed by atoms with Crippen LogP contribution in [0.2, 0.25) is 0 Å². The fourth-order valence-corrected chi connectivity index (χ4v) is 1.35. The van der Waals surface area contributed by atoms with Crippen LogP contribution in [0.1, 0.15) is 12.5 Å². The molecule has 6 heteroatoms. The number of hydrogen-bond donors (Lipinski definition) is 4. The minimum Gasteiger partial charge on any atom is -0.337 e. The molecule has 0 unspecified atom stereocenters. The molecule has 4 N–H and O–H groups in total. The summed E-state index contributed by atoms with van der Waals surface area (Å²) >= 11 is 5.03. The van der Waals surface area contributed by atoms with Crippen LogP contribution in [0.25, 0.3) is 0 Å². The van der Waals surface area contributed by atoms with E-state index in [9.17, 15) is 4.79 Å². The molecular formula is C11H16N4OS. The first-order valence-electron chi connectivity index (χ1n) is 5.30. The number of nitrogens with one attached hydrogen (secondary N) is 4. The second-order valence-corrected chi connectivity index (χ2v) is 3.79. The van der Waals surface area contributed by atoms with Crippen molar-refractivity contribution in [3.8, 4) is 0 Å². The van der Waals surface area contributed by atoms with Gasteiger partial charge in [0.2, 0.25) is 0 Å². The van der Waals surface area contributed by atoms with Crippen LogP contribution >= 0.6 is 12.2 Å². The van der Waals surface area contributed by atoms with Crippen LogP contribution in [0.15, 0.2) is 24.3 Å². The van der Waals surface area contributed by atoms with Gasteiger partial charge in [0.25, 0.3) is 0 Å². The number of rotatable bonds is 2. The molecular weight excluding hydrogens is 236 g/mol. The van der Waals surface area contributed by atoms with Crippen molar-refractivity contribution in [2.45, 2.75) is 13.8 Å². The van der Waals surface area contributed by atoms with Crippen molar-refractivity contribution < 1.29 is 4.79 Å². The number of thiocarbonyl (C=S) groups is 1. The average molecular weight is 252 g/mol. The first-order chi connectivity index (χ1) is 8.13.